The molecule has 2 aromatic rings. The van der Waals surface area contributed by atoms with Gasteiger partial charge < -0.3 is 10.2 Å². The number of aromatic nitrogens is 1. The van der Waals surface area contributed by atoms with Crippen molar-refractivity contribution in [2.24, 2.45) is 11.8 Å². The first-order valence-electron chi connectivity index (χ1n) is 10.2. The highest BCUT2D eigenvalue weighted by Gasteiger charge is 2.42. The fraction of sp³-hybridized carbons (Fsp3) is 0.292. The average Bonchev–Trinajstić information content (AvgIpc) is 3.32. The summed E-state index contributed by atoms with van der Waals surface area (Å²) in [5, 5.41) is 3.22. The molecular weight excluding hydrogens is 360 g/mol. The molecule has 0 aliphatic carbocycles. The lowest BCUT2D eigenvalue weighted by Crippen LogP contribution is -2.29. The number of pyridine rings is 1. The normalized spacial score (nSPS) is 23.0. The summed E-state index contributed by atoms with van der Waals surface area (Å²) >= 11 is 0. The first-order valence-corrected chi connectivity index (χ1v) is 10.2. The lowest BCUT2D eigenvalue weighted by atomic mass is 10.0. The topological polar surface area (TPSA) is 48.2 Å². The van der Waals surface area contributed by atoms with E-state index < -0.39 is 0 Å². The minimum Gasteiger partial charge on any atom is -0.344 e. The predicted molar refractivity (Wildman–Crippen MR) is 115 cm³/mol. The Morgan fingerprint density at radius 1 is 1.24 bits per heavy atom. The van der Waals surface area contributed by atoms with Crippen LogP contribution in [-0.2, 0) is 11.2 Å². The number of allylic oxidation sites excluding steroid dienone is 1. The van der Waals surface area contributed by atoms with Crippen LogP contribution in [0.15, 0.2) is 60.9 Å². The summed E-state index contributed by atoms with van der Waals surface area (Å²) in [6.07, 6.45) is 9.53. The molecule has 2 atom stereocenters. The summed E-state index contributed by atoms with van der Waals surface area (Å²) < 4.78 is 2.33. The van der Waals surface area contributed by atoms with Gasteiger partial charge in [0.15, 0.2) is 12.8 Å². The molecule has 3 aliphatic rings. The highest BCUT2D eigenvalue weighted by atomic mass is 16.2. The number of anilines is 1. The second-order valence-electron chi connectivity index (χ2n) is 8.14. The number of carbonyl (C=O) groups is 1. The van der Waals surface area contributed by atoms with Crippen molar-refractivity contribution in [2.45, 2.75) is 12.8 Å². The number of para-hydroxylation sites is 1. The number of carbonyl (C=O) groups excluding carboxylic acids is 1. The van der Waals surface area contributed by atoms with Crippen LogP contribution in [0.3, 0.4) is 0 Å². The van der Waals surface area contributed by atoms with E-state index >= 15 is 0 Å². The third-order valence-electron chi connectivity index (χ3n) is 6.09. The zero-order valence-electron chi connectivity index (χ0n) is 16.4. The number of rotatable bonds is 3. The molecule has 3 aliphatic heterocycles. The number of aryl methyl sites for hydroxylation is 1. The largest absolute Gasteiger partial charge is 0.344 e. The number of hydrogen-bond acceptors (Lipinski definition) is 3. The number of amides is 1. The Morgan fingerprint density at radius 2 is 2.10 bits per heavy atom. The van der Waals surface area contributed by atoms with Gasteiger partial charge in [-0.15, -0.1) is 0 Å². The molecule has 0 bridgehead atoms. The van der Waals surface area contributed by atoms with Gasteiger partial charge in [-0.1, -0.05) is 24.8 Å². The molecule has 1 N–H and O–H groups in total. The third-order valence-corrected chi connectivity index (χ3v) is 6.09. The fourth-order valence-electron chi connectivity index (χ4n) is 4.51. The minimum absolute atomic E-state index is 0.0864. The molecular formula is C24H25N4O+. The van der Waals surface area contributed by atoms with Crippen LogP contribution in [0.5, 0.6) is 0 Å². The van der Waals surface area contributed by atoms with Gasteiger partial charge in [0.1, 0.15) is 5.82 Å². The van der Waals surface area contributed by atoms with Gasteiger partial charge >= 0.3 is 0 Å². The van der Waals surface area contributed by atoms with Gasteiger partial charge in [-0.2, -0.15) is 0 Å². The van der Waals surface area contributed by atoms with E-state index in [-0.39, 0.29) is 5.91 Å². The first-order chi connectivity index (χ1) is 14.2. The number of nitrogens with zero attached hydrogens (tertiary/aromatic N) is 3. The molecule has 0 spiro atoms. The molecule has 5 rings (SSSR count). The summed E-state index contributed by atoms with van der Waals surface area (Å²) in [7, 11) is 0. The third kappa shape index (κ3) is 3.60. The van der Waals surface area contributed by atoms with Crippen LogP contribution in [0.1, 0.15) is 17.5 Å². The number of nitrogens with one attached hydrogen (secondary N) is 1. The Balaban J connectivity index is 1.23. The van der Waals surface area contributed by atoms with Crippen molar-refractivity contribution >= 4 is 29.7 Å². The van der Waals surface area contributed by atoms with Crippen LogP contribution in [0.25, 0.3) is 6.08 Å². The van der Waals surface area contributed by atoms with Crippen molar-refractivity contribution in [1.82, 2.24) is 9.88 Å². The van der Waals surface area contributed by atoms with Crippen LogP contribution in [-0.4, -0.2) is 46.2 Å². The Bertz CT molecular complexity index is 1020. The fourth-order valence-corrected chi connectivity index (χ4v) is 4.51. The Morgan fingerprint density at radius 3 is 2.93 bits per heavy atom. The first kappa shape index (κ1) is 17.9. The average molecular weight is 385 g/mol. The molecule has 1 saturated heterocycles. The maximum Gasteiger partial charge on any atom is 0.246 e. The number of likely N-dealkylation sites (tertiary alicyclic amines) is 1. The number of benzene rings is 1. The van der Waals surface area contributed by atoms with Crippen LogP contribution in [0.2, 0.25) is 0 Å². The zero-order chi connectivity index (χ0) is 19.8. The van der Waals surface area contributed by atoms with E-state index in [4.69, 9.17) is 0 Å². The smallest absolute Gasteiger partial charge is 0.246 e. The molecule has 4 heterocycles. The SMILES string of the molecule is C=C1CCc2cc(/C=C/C(=O)N3C[C@@H]4C[N+](c5ccccc5)=C[C@@H]4C3)cnc2N1. The summed E-state index contributed by atoms with van der Waals surface area (Å²) in [6.45, 7) is 6.56. The van der Waals surface area contributed by atoms with Gasteiger partial charge in [0, 0.05) is 49.1 Å². The molecule has 1 fully saturated rings. The number of fused-ring (bicyclic) bond motifs is 2. The molecule has 1 aromatic carbocycles. The lowest BCUT2D eigenvalue weighted by molar-refractivity contribution is -0.433. The monoisotopic (exact) mass is 385 g/mol. The van der Waals surface area contributed by atoms with Gasteiger partial charge in [-0.05, 0) is 36.1 Å². The van der Waals surface area contributed by atoms with Gasteiger partial charge in [0.2, 0.25) is 11.6 Å². The van der Waals surface area contributed by atoms with Crippen LogP contribution < -0.4 is 5.32 Å². The zero-order valence-corrected chi connectivity index (χ0v) is 16.4. The highest BCUT2D eigenvalue weighted by Crippen LogP contribution is 2.30. The molecule has 146 valence electrons. The van der Waals surface area contributed by atoms with Crippen LogP contribution in [0, 0.1) is 11.8 Å². The van der Waals surface area contributed by atoms with Crippen LogP contribution in [0.4, 0.5) is 11.5 Å². The molecule has 5 heteroatoms. The molecule has 5 nitrogen and oxygen atoms in total. The van der Waals surface area contributed by atoms with Crippen molar-refractivity contribution in [3.8, 4) is 0 Å². The Kier molecular flexibility index (Phi) is 4.51. The maximum absolute atomic E-state index is 12.7. The van der Waals surface area contributed by atoms with E-state index in [1.807, 2.05) is 17.0 Å². The van der Waals surface area contributed by atoms with Crippen molar-refractivity contribution in [3.05, 3.63) is 72.1 Å². The maximum atomic E-state index is 12.7. The molecule has 1 amide bonds. The van der Waals surface area contributed by atoms with E-state index in [9.17, 15) is 4.79 Å². The summed E-state index contributed by atoms with van der Waals surface area (Å²) in [6, 6.07) is 12.6. The molecule has 29 heavy (non-hydrogen) atoms. The standard InChI is InChI=1S/C24H24N4O/c1-17-7-9-19-11-18(12-25-24(19)26-17)8-10-23(29)28-15-20-13-27(14-21(20)16-28)22-5-3-2-4-6-22/h2-6,8,10-13,20-21H,1,7,9,14-16H2/p+1/t20-,21+/m1/s1. The summed E-state index contributed by atoms with van der Waals surface area (Å²) in [5.74, 6) is 1.92. The molecule has 0 unspecified atom stereocenters. The highest BCUT2D eigenvalue weighted by molar-refractivity contribution is 5.92. The van der Waals surface area contributed by atoms with E-state index in [2.05, 4.69) is 58.0 Å². The van der Waals surface area contributed by atoms with Gasteiger partial charge in [-0.3, -0.25) is 4.79 Å². The van der Waals surface area contributed by atoms with Gasteiger partial charge in [0.05, 0.1) is 5.92 Å². The predicted octanol–water partition coefficient (Wildman–Crippen LogP) is 3.47. The lowest BCUT2D eigenvalue weighted by Gasteiger charge is -2.19. The van der Waals surface area contributed by atoms with Crippen molar-refractivity contribution in [2.75, 3.05) is 25.0 Å². The van der Waals surface area contributed by atoms with Crippen molar-refractivity contribution in [1.29, 1.82) is 0 Å². The quantitative estimate of drug-likeness (QED) is 0.650. The number of hydrogen-bond donors (Lipinski definition) is 1. The second-order valence-corrected chi connectivity index (χ2v) is 8.14. The van der Waals surface area contributed by atoms with Gasteiger partial charge in [-0.25, -0.2) is 9.56 Å². The molecule has 0 radical (unpaired) electrons. The molecule has 0 saturated carbocycles. The Labute approximate surface area is 171 Å². The van der Waals surface area contributed by atoms with Crippen molar-refractivity contribution < 1.29 is 9.37 Å². The van der Waals surface area contributed by atoms with Crippen LogP contribution >= 0.6 is 0 Å². The van der Waals surface area contributed by atoms with E-state index in [0.29, 0.717) is 11.8 Å². The van der Waals surface area contributed by atoms with Crippen molar-refractivity contribution in [3.63, 3.8) is 0 Å². The second kappa shape index (κ2) is 7.32. The summed E-state index contributed by atoms with van der Waals surface area (Å²) in [4.78, 5) is 19.1. The van der Waals surface area contributed by atoms with E-state index in [0.717, 1.165) is 49.6 Å². The van der Waals surface area contributed by atoms with Gasteiger partial charge in [0.25, 0.3) is 0 Å². The molecule has 1 aromatic heterocycles. The summed E-state index contributed by atoms with van der Waals surface area (Å²) in [5.41, 5.74) is 4.38. The minimum atomic E-state index is 0.0864. The van der Waals surface area contributed by atoms with E-state index in [1.165, 1.54) is 11.3 Å². The Hall–Kier alpha value is -3.21. The van der Waals surface area contributed by atoms with E-state index in [1.54, 1.807) is 12.3 Å².